The molecule has 2 heterocycles. The number of hydrogen-bond donors (Lipinski definition) is 1. The Kier molecular flexibility index (Phi) is 4.25. The van der Waals surface area contributed by atoms with Crippen LogP contribution in [0, 0.1) is 6.92 Å². The van der Waals surface area contributed by atoms with Gasteiger partial charge in [-0.1, -0.05) is 24.6 Å². The van der Waals surface area contributed by atoms with E-state index >= 15 is 0 Å². The van der Waals surface area contributed by atoms with Crippen LogP contribution < -0.4 is 5.32 Å². The summed E-state index contributed by atoms with van der Waals surface area (Å²) in [6, 6.07) is 10.9. The van der Waals surface area contributed by atoms with Crippen molar-refractivity contribution in [3.8, 4) is 0 Å². The van der Waals surface area contributed by atoms with Gasteiger partial charge >= 0.3 is 0 Å². The van der Waals surface area contributed by atoms with Gasteiger partial charge in [-0.25, -0.2) is 4.98 Å². The zero-order chi connectivity index (χ0) is 14.7. The zero-order valence-corrected chi connectivity index (χ0v) is 12.9. The summed E-state index contributed by atoms with van der Waals surface area (Å²) >= 11 is 0. The van der Waals surface area contributed by atoms with E-state index in [9.17, 15) is 0 Å². The van der Waals surface area contributed by atoms with Gasteiger partial charge in [0.25, 0.3) is 0 Å². The first-order valence-corrected chi connectivity index (χ1v) is 7.78. The average molecular weight is 284 g/mol. The number of aryl methyl sites for hydroxylation is 1. The molecule has 1 aromatic carbocycles. The fourth-order valence-electron chi connectivity index (χ4n) is 3.04. The van der Waals surface area contributed by atoms with Crippen LogP contribution in [-0.4, -0.2) is 34.1 Å². The van der Waals surface area contributed by atoms with Crippen LogP contribution in [0.3, 0.4) is 0 Å². The molecular formula is C17H24N4. The number of imidazole rings is 1. The molecule has 4 nitrogen and oxygen atoms in total. The highest BCUT2D eigenvalue weighted by Gasteiger charge is 2.20. The quantitative estimate of drug-likeness (QED) is 0.934. The Bertz CT molecular complexity index is 576. The lowest BCUT2D eigenvalue weighted by atomic mass is 10.0. The number of para-hydroxylation sites is 1. The molecule has 21 heavy (non-hydrogen) atoms. The van der Waals surface area contributed by atoms with Crippen molar-refractivity contribution in [1.29, 1.82) is 0 Å². The molecule has 0 radical (unpaired) electrons. The summed E-state index contributed by atoms with van der Waals surface area (Å²) < 4.78 is 2.26. The van der Waals surface area contributed by atoms with Gasteiger partial charge in [0.15, 0.2) is 0 Å². The number of nitrogens with zero attached hydrogens (tertiary/aromatic N) is 3. The molecule has 112 valence electrons. The number of rotatable bonds is 4. The molecule has 0 saturated carbocycles. The molecule has 0 spiro atoms. The van der Waals surface area contributed by atoms with Crippen LogP contribution in [0.2, 0.25) is 0 Å². The second-order valence-corrected chi connectivity index (χ2v) is 5.98. The summed E-state index contributed by atoms with van der Waals surface area (Å²) in [6.45, 7) is 4.27. The molecule has 0 amide bonds. The summed E-state index contributed by atoms with van der Waals surface area (Å²) in [4.78, 5) is 7.11. The second-order valence-electron chi connectivity index (χ2n) is 5.98. The lowest BCUT2D eigenvalue weighted by Crippen LogP contribution is -2.39. The third kappa shape index (κ3) is 3.45. The van der Waals surface area contributed by atoms with Crippen LogP contribution in [0.15, 0.2) is 36.5 Å². The molecule has 1 fully saturated rings. The first-order chi connectivity index (χ1) is 10.2. The highest BCUT2D eigenvalue weighted by atomic mass is 15.2. The van der Waals surface area contributed by atoms with E-state index in [2.05, 4.69) is 52.1 Å². The minimum Gasteiger partial charge on any atom is -0.326 e. The Morgan fingerprint density at radius 2 is 2.05 bits per heavy atom. The summed E-state index contributed by atoms with van der Waals surface area (Å²) in [5, 5.41) is 3.43. The van der Waals surface area contributed by atoms with Crippen molar-refractivity contribution in [1.82, 2.24) is 14.5 Å². The van der Waals surface area contributed by atoms with Crippen molar-refractivity contribution in [2.75, 3.05) is 18.9 Å². The molecule has 1 saturated heterocycles. The molecule has 0 aliphatic carbocycles. The predicted molar refractivity (Wildman–Crippen MR) is 87.0 cm³/mol. The van der Waals surface area contributed by atoms with Gasteiger partial charge in [0.05, 0.1) is 5.69 Å². The largest absolute Gasteiger partial charge is 0.326 e. The lowest BCUT2D eigenvalue weighted by molar-refractivity contribution is 0.168. The van der Waals surface area contributed by atoms with E-state index in [1.165, 1.54) is 25.8 Å². The van der Waals surface area contributed by atoms with Gasteiger partial charge < -0.3 is 14.8 Å². The molecule has 2 aromatic rings. The van der Waals surface area contributed by atoms with Crippen molar-refractivity contribution in [2.24, 2.45) is 0 Å². The third-order valence-corrected chi connectivity index (χ3v) is 4.26. The number of aromatic nitrogens is 2. The Morgan fingerprint density at radius 3 is 2.81 bits per heavy atom. The van der Waals surface area contributed by atoms with Gasteiger partial charge in [0.2, 0.25) is 5.95 Å². The van der Waals surface area contributed by atoms with Crippen LogP contribution in [0.25, 0.3) is 0 Å². The second kappa shape index (κ2) is 6.31. The first kappa shape index (κ1) is 14.1. The van der Waals surface area contributed by atoms with Crippen molar-refractivity contribution in [3.63, 3.8) is 0 Å². The van der Waals surface area contributed by atoms with Crippen LogP contribution in [-0.2, 0) is 6.54 Å². The molecule has 1 atom stereocenters. The normalized spacial score (nSPS) is 19.6. The molecule has 4 heteroatoms. The fourth-order valence-corrected chi connectivity index (χ4v) is 3.04. The van der Waals surface area contributed by atoms with Crippen LogP contribution in [0.5, 0.6) is 0 Å². The van der Waals surface area contributed by atoms with Crippen molar-refractivity contribution >= 4 is 11.6 Å². The summed E-state index contributed by atoms with van der Waals surface area (Å²) in [5.74, 6) is 0.942. The topological polar surface area (TPSA) is 33.1 Å². The van der Waals surface area contributed by atoms with Gasteiger partial charge in [-0.2, -0.15) is 0 Å². The maximum absolute atomic E-state index is 4.63. The molecule has 0 bridgehead atoms. The highest BCUT2D eigenvalue weighted by molar-refractivity contribution is 5.53. The number of piperidine rings is 1. The minimum absolute atomic E-state index is 0.615. The number of benzene rings is 1. The summed E-state index contributed by atoms with van der Waals surface area (Å²) in [5.41, 5.74) is 2.15. The SMILES string of the molecule is Cc1cn(CC2CCCCN2C)c(Nc2ccccc2)n1. The number of likely N-dealkylation sites (N-methyl/N-ethyl adjacent to an activating group) is 1. The van der Waals surface area contributed by atoms with Crippen molar-refractivity contribution in [3.05, 3.63) is 42.2 Å². The zero-order valence-electron chi connectivity index (χ0n) is 12.9. The molecule has 1 aliphatic heterocycles. The Hall–Kier alpha value is -1.81. The van der Waals surface area contributed by atoms with Crippen LogP contribution in [0.1, 0.15) is 25.0 Å². The van der Waals surface area contributed by atoms with Gasteiger partial charge in [0, 0.05) is 24.5 Å². The monoisotopic (exact) mass is 284 g/mol. The fraction of sp³-hybridized carbons (Fsp3) is 0.471. The van der Waals surface area contributed by atoms with Gasteiger partial charge in [-0.05, 0) is 45.5 Å². The van der Waals surface area contributed by atoms with Crippen molar-refractivity contribution in [2.45, 2.75) is 38.8 Å². The van der Waals surface area contributed by atoms with E-state index in [1.807, 2.05) is 18.2 Å². The molecule has 1 N–H and O–H groups in total. The van der Waals surface area contributed by atoms with E-state index in [4.69, 9.17) is 0 Å². The van der Waals surface area contributed by atoms with E-state index in [1.54, 1.807) is 0 Å². The van der Waals surface area contributed by atoms with E-state index in [0.717, 1.165) is 23.9 Å². The van der Waals surface area contributed by atoms with E-state index < -0.39 is 0 Å². The molecule has 1 aromatic heterocycles. The molecule has 3 rings (SSSR count). The van der Waals surface area contributed by atoms with E-state index in [-0.39, 0.29) is 0 Å². The third-order valence-electron chi connectivity index (χ3n) is 4.26. The predicted octanol–water partition coefficient (Wildman–Crippen LogP) is 3.42. The van der Waals surface area contributed by atoms with Gasteiger partial charge in [0.1, 0.15) is 0 Å². The number of hydrogen-bond acceptors (Lipinski definition) is 3. The summed E-state index contributed by atoms with van der Waals surface area (Å²) in [6.07, 6.45) is 6.08. The van der Waals surface area contributed by atoms with Gasteiger partial charge in [-0.3, -0.25) is 0 Å². The molecular weight excluding hydrogens is 260 g/mol. The smallest absolute Gasteiger partial charge is 0.207 e. The summed E-state index contributed by atoms with van der Waals surface area (Å²) in [7, 11) is 2.23. The number of likely N-dealkylation sites (tertiary alicyclic amines) is 1. The number of anilines is 2. The maximum atomic E-state index is 4.63. The lowest BCUT2D eigenvalue weighted by Gasteiger charge is -2.32. The first-order valence-electron chi connectivity index (χ1n) is 7.78. The molecule has 1 aliphatic rings. The maximum Gasteiger partial charge on any atom is 0.207 e. The van der Waals surface area contributed by atoms with Crippen LogP contribution in [0.4, 0.5) is 11.6 Å². The Morgan fingerprint density at radius 1 is 1.24 bits per heavy atom. The van der Waals surface area contributed by atoms with E-state index in [0.29, 0.717) is 6.04 Å². The Labute approximate surface area is 126 Å². The van der Waals surface area contributed by atoms with Gasteiger partial charge in [-0.15, -0.1) is 0 Å². The number of nitrogens with one attached hydrogen (secondary N) is 1. The standard InChI is InChI=1S/C17H24N4/c1-14-12-21(13-16-10-6-7-11-20(16)2)17(18-14)19-15-8-4-3-5-9-15/h3-5,8-9,12,16H,6-7,10-11,13H2,1-2H3,(H,18,19). The van der Waals surface area contributed by atoms with Crippen molar-refractivity contribution < 1.29 is 0 Å². The molecule has 1 unspecified atom stereocenters. The Balaban J connectivity index is 1.76. The van der Waals surface area contributed by atoms with Crippen LogP contribution >= 0.6 is 0 Å². The minimum atomic E-state index is 0.615. The average Bonchev–Trinajstić information content (AvgIpc) is 2.82. The highest BCUT2D eigenvalue weighted by Crippen LogP contribution is 2.21.